The number of fused-ring (bicyclic) bond motifs is 2. The van der Waals surface area contributed by atoms with E-state index in [0.717, 1.165) is 46.9 Å². The number of methoxy groups -OCH3 is 2. The molecule has 2 heterocycles. The van der Waals surface area contributed by atoms with E-state index in [9.17, 15) is 0 Å². The predicted octanol–water partition coefficient (Wildman–Crippen LogP) is 0.353. The van der Waals surface area contributed by atoms with E-state index < -0.39 is 0 Å². The second-order valence-corrected chi connectivity index (χ2v) is 7.57. The summed E-state index contributed by atoms with van der Waals surface area (Å²) in [5, 5.41) is 0. The van der Waals surface area contributed by atoms with E-state index in [1.165, 1.54) is 16.7 Å². The van der Waals surface area contributed by atoms with Gasteiger partial charge in [-0.1, -0.05) is 6.07 Å². The van der Waals surface area contributed by atoms with Gasteiger partial charge in [0.1, 0.15) is 6.04 Å². The Labute approximate surface area is 177 Å². The third-order valence-electron chi connectivity index (χ3n) is 5.67. The summed E-state index contributed by atoms with van der Waals surface area (Å²) >= 11 is 0. The van der Waals surface area contributed by atoms with Crippen molar-refractivity contribution >= 4 is 0 Å². The molecule has 27 heavy (non-hydrogen) atoms. The summed E-state index contributed by atoms with van der Waals surface area (Å²) in [5.41, 5.74) is 3.95. The Hall–Kier alpha value is -1.67. The average molecular weight is 483 g/mol. The first-order valence-electron chi connectivity index (χ1n) is 8.98. The summed E-state index contributed by atoms with van der Waals surface area (Å²) in [4.78, 5) is 0. The van der Waals surface area contributed by atoms with Crippen molar-refractivity contribution in [1.29, 1.82) is 0 Å². The highest BCUT2D eigenvalue weighted by atomic mass is 127. The van der Waals surface area contributed by atoms with E-state index in [1.807, 2.05) is 6.07 Å². The van der Waals surface area contributed by atoms with E-state index in [1.54, 1.807) is 14.2 Å². The Morgan fingerprint density at radius 3 is 2.44 bits per heavy atom. The van der Waals surface area contributed by atoms with Gasteiger partial charge in [-0.15, -0.1) is 0 Å². The highest BCUT2D eigenvalue weighted by Crippen LogP contribution is 2.42. The van der Waals surface area contributed by atoms with Crippen molar-refractivity contribution in [3.63, 3.8) is 0 Å². The maximum absolute atomic E-state index is 5.56. The first kappa shape index (κ1) is 20.1. The van der Waals surface area contributed by atoms with Crippen molar-refractivity contribution in [2.45, 2.75) is 18.9 Å². The number of hydrogen-bond acceptors (Lipinski definition) is 4. The van der Waals surface area contributed by atoms with Crippen LogP contribution in [-0.4, -0.2) is 46.1 Å². The molecule has 1 atom stereocenters. The quantitative estimate of drug-likeness (QED) is 0.465. The number of nitrogens with zero attached hydrogens (tertiary/aromatic N) is 1. The normalized spacial score (nSPS) is 19.0. The van der Waals surface area contributed by atoms with Crippen molar-refractivity contribution in [3.05, 3.63) is 47.0 Å². The molecule has 0 bridgehead atoms. The molecule has 146 valence electrons. The predicted molar refractivity (Wildman–Crippen MR) is 99.2 cm³/mol. The number of benzene rings is 2. The van der Waals surface area contributed by atoms with Gasteiger partial charge in [-0.2, -0.15) is 0 Å². The largest absolute Gasteiger partial charge is 1.00 e. The Morgan fingerprint density at radius 2 is 1.70 bits per heavy atom. The number of rotatable bonds is 4. The maximum atomic E-state index is 5.56. The van der Waals surface area contributed by atoms with E-state index in [4.69, 9.17) is 18.9 Å². The lowest BCUT2D eigenvalue weighted by molar-refractivity contribution is -0.923. The highest BCUT2D eigenvalue weighted by molar-refractivity contribution is 5.50. The molecular weight excluding hydrogens is 457 g/mol. The first-order valence-corrected chi connectivity index (χ1v) is 8.98. The van der Waals surface area contributed by atoms with Crippen molar-refractivity contribution in [3.8, 4) is 23.0 Å². The minimum atomic E-state index is 0. The zero-order valence-electron chi connectivity index (χ0n) is 16.3. The van der Waals surface area contributed by atoms with Gasteiger partial charge in [0, 0.05) is 18.4 Å². The fourth-order valence-electron chi connectivity index (χ4n) is 4.05. The lowest BCUT2D eigenvalue weighted by atomic mass is 9.87. The molecule has 1 unspecified atom stereocenters. The smallest absolute Gasteiger partial charge is 0.231 e. The van der Waals surface area contributed by atoms with Gasteiger partial charge in [0.05, 0.1) is 34.9 Å². The molecule has 0 amide bonds. The molecule has 0 aliphatic carbocycles. The van der Waals surface area contributed by atoms with Crippen LogP contribution in [0.5, 0.6) is 23.0 Å². The van der Waals surface area contributed by atoms with Crippen molar-refractivity contribution < 1.29 is 47.4 Å². The molecule has 5 nitrogen and oxygen atoms in total. The summed E-state index contributed by atoms with van der Waals surface area (Å²) in [5.74, 6) is 3.28. The molecule has 0 aromatic heterocycles. The summed E-state index contributed by atoms with van der Waals surface area (Å²) < 4.78 is 23.0. The van der Waals surface area contributed by atoms with Crippen LogP contribution in [0, 0.1) is 0 Å². The SMILES string of the molecule is COc1cc2c(cc1OC)C(Cc1ccc3c(c1)OCO3)[N+](C)(C)CC2.[I-]. The van der Waals surface area contributed by atoms with E-state index in [2.05, 4.69) is 38.4 Å². The Bertz CT molecular complexity index is 837. The maximum Gasteiger partial charge on any atom is 0.231 e. The summed E-state index contributed by atoms with van der Waals surface area (Å²) in [6.07, 6.45) is 1.98. The van der Waals surface area contributed by atoms with E-state index in [-0.39, 0.29) is 24.0 Å². The number of quaternary nitrogens is 1. The van der Waals surface area contributed by atoms with Gasteiger partial charge in [-0.3, -0.25) is 0 Å². The molecule has 4 rings (SSSR count). The Morgan fingerprint density at radius 1 is 1.00 bits per heavy atom. The molecule has 0 saturated heterocycles. The Balaban J connectivity index is 0.00000210. The molecule has 0 spiro atoms. The number of ether oxygens (including phenoxy) is 4. The third-order valence-corrected chi connectivity index (χ3v) is 5.67. The molecule has 6 heteroatoms. The van der Waals surface area contributed by atoms with Crippen LogP contribution in [0.4, 0.5) is 0 Å². The van der Waals surface area contributed by atoms with Gasteiger partial charge in [0.2, 0.25) is 6.79 Å². The van der Waals surface area contributed by atoms with Crippen LogP contribution < -0.4 is 42.9 Å². The van der Waals surface area contributed by atoms with Crippen LogP contribution in [0.2, 0.25) is 0 Å². The molecule has 2 aliphatic heterocycles. The van der Waals surface area contributed by atoms with Gasteiger partial charge in [-0.25, -0.2) is 0 Å². The lowest BCUT2D eigenvalue weighted by Crippen LogP contribution is -3.00. The van der Waals surface area contributed by atoms with Gasteiger partial charge in [-0.05, 0) is 35.4 Å². The fourth-order valence-corrected chi connectivity index (χ4v) is 4.05. The van der Waals surface area contributed by atoms with Crippen LogP contribution in [0.3, 0.4) is 0 Å². The number of halogens is 1. The topological polar surface area (TPSA) is 36.9 Å². The highest BCUT2D eigenvalue weighted by Gasteiger charge is 2.37. The standard InChI is InChI=1S/C21H26NO4.HI/c1-22(2)8-7-15-11-19(23-3)20(24-4)12-16(15)17(22)9-14-5-6-18-21(10-14)26-13-25-18;/h5-6,10-12,17H,7-9,13H2,1-4H3;1H/q+1;/p-1. The van der Waals surface area contributed by atoms with Gasteiger partial charge < -0.3 is 47.4 Å². The number of hydrogen-bond donors (Lipinski definition) is 0. The molecule has 2 aromatic rings. The monoisotopic (exact) mass is 483 g/mol. The lowest BCUT2D eigenvalue weighted by Gasteiger charge is -2.43. The van der Waals surface area contributed by atoms with Gasteiger partial charge in [0.25, 0.3) is 0 Å². The van der Waals surface area contributed by atoms with Crippen molar-refractivity contribution in [2.24, 2.45) is 0 Å². The summed E-state index contributed by atoms with van der Waals surface area (Å²) in [6.45, 7) is 1.40. The van der Waals surface area contributed by atoms with Crippen LogP contribution >= 0.6 is 0 Å². The van der Waals surface area contributed by atoms with Crippen LogP contribution in [0.15, 0.2) is 30.3 Å². The molecular formula is C21H26INO4. The second-order valence-electron chi connectivity index (χ2n) is 7.57. The summed E-state index contributed by atoms with van der Waals surface area (Å²) in [6, 6.07) is 10.9. The van der Waals surface area contributed by atoms with Crippen LogP contribution in [-0.2, 0) is 12.8 Å². The van der Waals surface area contributed by atoms with Crippen molar-refractivity contribution in [1.82, 2.24) is 0 Å². The Kier molecular flexibility index (Phi) is 5.76. The minimum Gasteiger partial charge on any atom is -1.00 e. The molecule has 0 radical (unpaired) electrons. The van der Waals surface area contributed by atoms with Gasteiger partial charge >= 0.3 is 0 Å². The minimum absolute atomic E-state index is 0. The van der Waals surface area contributed by atoms with Crippen LogP contribution in [0.1, 0.15) is 22.7 Å². The molecule has 0 N–H and O–H groups in total. The zero-order chi connectivity index (χ0) is 18.3. The molecule has 2 aliphatic rings. The summed E-state index contributed by atoms with van der Waals surface area (Å²) in [7, 11) is 7.99. The first-order chi connectivity index (χ1) is 12.5. The van der Waals surface area contributed by atoms with Gasteiger partial charge in [0.15, 0.2) is 23.0 Å². The average Bonchev–Trinajstić information content (AvgIpc) is 3.11. The van der Waals surface area contributed by atoms with E-state index in [0.29, 0.717) is 12.8 Å². The molecule has 0 fully saturated rings. The van der Waals surface area contributed by atoms with E-state index >= 15 is 0 Å². The molecule has 2 aromatic carbocycles. The fraction of sp³-hybridized carbons (Fsp3) is 0.429. The number of likely N-dealkylation sites (N-methyl/N-ethyl adjacent to an activating group) is 1. The zero-order valence-corrected chi connectivity index (χ0v) is 18.4. The van der Waals surface area contributed by atoms with Crippen molar-refractivity contribution in [2.75, 3.05) is 41.7 Å². The van der Waals surface area contributed by atoms with Crippen LogP contribution in [0.25, 0.3) is 0 Å². The third kappa shape index (κ3) is 3.69. The second kappa shape index (κ2) is 7.75. The molecule has 0 saturated carbocycles.